The summed E-state index contributed by atoms with van der Waals surface area (Å²) in [4.78, 5) is 11.4. The summed E-state index contributed by atoms with van der Waals surface area (Å²) >= 11 is 0. The van der Waals surface area contributed by atoms with Gasteiger partial charge in [-0.25, -0.2) is 4.79 Å². The molecule has 1 aliphatic rings. The third-order valence-corrected chi connectivity index (χ3v) is 3.76. The monoisotopic (exact) mass is 310 g/mol. The van der Waals surface area contributed by atoms with Crippen LogP contribution in [0.1, 0.15) is 35.3 Å². The van der Waals surface area contributed by atoms with Crippen molar-refractivity contribution in [3.05, 3.63) is 70.8 Å². The van der Waals surface area contributed by atoms with E-state index >= 15 is 0 Å². The quantitative estimate of drug-likeness (QED) is 0.698. The SMILES string of the molecule is CCOC(=O)C=Cc1ccc2c(c1)C(O)c1ccccc1CO2. The van der Waals surface area contributed by atoms with Gasteiger partial charge in [0.2, 0.25) is 0 Å². The van der Waals surface area contributed by atoms with E-state index in [1.165, 1.54) is 6.08 Å². The van der Waals surface area contributed by atoms with Gasteiger partial charge < -0.3 is 14.6 Å². The van der Waals surface area contributed by atoms with Crippen molar-refractivity contribution in [2.45, 2.75) is 19.6 Å². The zero-order valence-corrected chi connectivity index (χ0v) is 12.9. The van der Waals surface area contributed by atoms with Crippen LogP contribution in [0.2, 0.25) is 0 Å². The zero-order chi connectivity index (χ0) is 16.2. The molecule has 0 amide bonds. The Morgan fingerprint density at radius 2 is 2.13 bits per heavy atom. The molecule has 0 aliphatic carbocycles. The van der Waals surface area contributed by atoms with E-state index in [0.29, 0.717) is 24.5 Å². The van der Waals surface area contributed by atoms with E-state index in [-0.39, 0.29) is 5.97 Å². The Morgan fingerprint density at radius 3 is 2.96 bits per heavy atom. The number of carbonyl (C=O) groups is 1. The standard InChI is InChI=1S/C19H18O4/c1-2-22-18(20)10-8-13-7-9-17-16(11-13)19(21)15-6-4-3-5-14(15)12-23-17/h3-11,19,21H,2,12H2,1H3. The summed E-state index contributed by atoms with van der Waals surface area (Å²) in [5.41, 5.74) is 3.32. The van der Waals surface area contributed by atoms with Crippen molar-refractivity contribution in [1.82, 2.24) is 0 Å². The van der Waals surface area contributed by atoms with Gasteiger partial charge in [0.1, 0.15) is 18.5 Å². The number of carbonyl (C=O) groups excluding carboxylic acids is 1. The number of ether oxygens (including phenoxy) is 2. The number of esters is 1. The van der Waals surface area contributed by atoms with Crippen molar-refractivity contribution in [1.29, 1.82) is 0 Å². The lowest BCUT2D eigenvalue weighted by molar-refractivity contribution is -0.137. The summed E-state index contributed by atoms with van der Waals surface area (Å²) < 4.78 is 10.7. The highest BCUT2D eigenvalue weighted by Gasteiger charge is 2.22. The molecule has 2 aromatic carbocycles. The van der Waals surface area contributed by atoms with Gasteiger partial charge in [-0.3, -0.25) is 0 Å². The summed E-state index contributed by atoms with van der Waals surface area (Å²) in [7, 11) is 0. The van der Waals surface area contributed by atoms with Gasteiger partial charge in [-0.15, -0.1) is 0 Å². The highest BCUT2D eigenvalue weighted by atomic mass is 16.5. The lowest BCUT2D eigenvalue weighted by Crippen LogP contribution is -2.01. The van der Waals surface area contributed by atoms with Gasteiger partial charge in [0.05, 0.1) is 6.61 Å². The van der Waals surface area contributed by atoms with Gasteiger partial charge in [0.15, 0.2) is 0 Å². The fourth-order valence-electron chi connectivity index (χ4n) is 2.63. The van der Waals surface area contributed by atoms with Crippen molar-refractivity contribution >= 4 is 12.0 Å². The van der Waals surface area contributed by atoms with Crippen LogP contribution in [0.15, 0.2) is 48.5 Å². The average molecular weight is 310 g/mol. The first-order valence-electron chi connectivity index (χ1n) is 7.56. The molecule has 0 spiro atoms. The first kappa shape index (κ1) is 15.3. The smallest absolute Gasteiger partial charge is 0.330 e. The molecule has 0 aromatic heterocycles. The van der Waals surface area contributed by atoms with Gasteiger partial charge in [-0.1, -0.05) is 30.3 Å². The van der Waals surface area contributed by atoms with Gasteiger partial charge in [-0.2, -0.15) is 0 Å². The topological polar surface area (TPSA) is 55.8 Å². The Labute approximate surface area is 135 Å². The second-order valence-electron chi connectivity index (χ2n) is 5.27. The second-order valence-corrected chi connectivity index (χ2v) is 5.27. The van der Waals surface area contributed by atoms with E-state index in [4.69, 9.17) is 9.47 Å². The average Bonchev–Trinajstić information content (AvgIpc) is 2.71. The number of aliphatic hydroxyl groups is 1. The molecule has 4 heteroatoms. The third kappa shape index (κ3) is 3.27. The Hall–Kier alpha value is -2.59. The summed E-state index contributed by atoms with van der Waals surface area (Å²) in [6.45, 7) is 2.54. The maximum atomic E-state index is 11.4. The minimum atomic E-state index is -0.750. The van der Waals surface area contributed by atoms with Crippen LogP contribution in [-0.2, 0) is 16.1 Å². The third-order valence-electron chi connectivity index (χ3n) is 3.76. The van der Waals surface area contributed by atoms with Crippen LogP contribution >= 0.6 is 0 Å². The van der Waals surface area contributed by atoms with Crippen LogP contribution in [0.4, 0.5) is 0 Å². The zero-order valence-electron chi connectivity index (χ0n) is 12.9. The summed E-state index contributed by atoms with van der Waals surface area (Å²) in [5, 5.41) is 10.7. The molecule has 23 heavy (non-hydrogen) atoms. The maximum absolute atomic E-state index is 11.4. The Morgan fingerprint density at radius 1 is 1.30 bits per heavy atom. The number of benzene rings is 2. The van der Waals surface area contributed by atoms with Crippen molar-refractivity contribution in [2.24, 2.45) is 0 Å². The number of rotatable bonds is 3. The van der Waals surface area contributed by atoms with Crippen LogP contribution in [0.3, 0.4) is 0 Å². The van der Waals surface area contributed by atoms with Crippen LogP contribution in [0, 0.1) is 0 Å². The normalized spacial score (nSPS) is 16.2. The molecule has 3 rings (SSSR count). The molecule has 0 fully saturated rings. The molecule has 1 N–H and O–H groups in total. The Bertz CT molecular complexity index is 749. The van der Waals surface area contributed by atoms with E-state index in [0.717, 1.165) is 16.7 Å². The first-order chi connectivity index (χ1) is 11.2. The van der Waals surface area contributed by atoms with Gasteiger partial charge in [-0.05, 0) is 41.8 Å². The number of hydrogen-bond acceptors (Lipinski definition) is 4. The molecule has 4 nitrogen and oxygen atoms in total. The van der Waals surface area contributed by atoms with E-state index in [1.807, 2.05) is 42.5 Å². The first-order valence-corrected chi connectivity index (χ1v) is 7.56. The van der Waals surface area contributed by atoms with Crippen molar-refractivity contribution in [2.75, 3.05) is 6.61 Å². The fraction of sp³-hybridized carbons (Fsp3) is 0.211. The molecule has 0 radical (unpaired) electrons. The number of hydrogen-bond donors (Lipinski definition) is 1. The highest BCUT2D eigenvalue weighted by Crippen LogP contribution is 2.36. The van der Waals surface area contributed by atoms with Crippen LogP contribution in [-0.4, -0.2) is 17.7 Å². The molecular weight excluding hydrogens is 292 g/mol. The lowest BCUT2D eigenvalue weighted by Gasteiger charge is -2.13. The molecule has 1 atom stereocenters. The minimum absolute atomic E-state index is 0.344. The van der Waals surface area contributed by atoms with Crippen molar-refractivity contribution < 1.29 is 19.4 Å². The number of aliphatic hydroxyl groups excluding tert-OH is 1. The van der Waals surface area contributed by atoms with Crippen molar-refractivity contribution in [3.63, 3.8) is 0 Å². The lowest BCUT2D eigenvalue weighted by atomic mass is 9.96. The minimum Gasteiger partial charge on any atom is -0.488 e. The molecule has 1 unspecified atom stereocenters. The van der Waals surface area contributed by atoms with Gasteiger partial charge >= 0.3 is 5.97 Å². The van der Waals surface area contributed by atoms with Gasteiger partial charge in [0.25, 0.3) is 0 Å². The predicted molar refractivity (Wildman–Crippen MR) is 86.9 cm³/mol. The van der Waals surface area contributed by atoms with Gasteiger partial charge in [0, 0.05) is 11.6 Å². The van der Waals surface area contributed by atoms with Crippen LogP contribution in [0.5, 0.6) is 5.75 Å². The van der Waals surface area contributed by atoms with Crippen molar-refractivity contribution in [3.8, 4) is 5.75 Å². The maximum Gasteiger partial charge on any atom is 0.330 e. The van der Waals surface area contributed by atoms with E-state index < -0.39 is 6.10 Å². The van der Waals surface area contributed by atoms with Crippen LogP contribution < -0.4 is 4.74 Å². The van der Waals surface area contributed by atoms with E-state index in [9.17, 15) is 9.90 Å². The predicted octanol–water partition coefficient (Wildman–Crippen LogP) is 3.24. The summed E-state index contributed by atoms with van der Waals surface area (Å²) in [5.74, 6) is 0.270. The molecule has 0 bridgehead atoms. The molecular formula is C19H18O4. The Kier molecular flexibility index (Phi) is 4.44. The molecule has 0 saturated heterocycles. The number of fused-ring (bicyclic) bond motifs is 2. The van der Waals surface area contributed by atoms with E-state index in [1.54, 1.807) is 13.0 Å². The molecule has 118 valence electrons. The fourth-order valence-corrected chi connectivity index (χ4v) is 2.63. The van der Waals surface area contributed by atoms with Crippen LogP contribution in [0.25, 0.3) is 6.08 Å². The molecule has 2 aromatic rings. The Balaban J connectivity index is 1.93. The summed E-state index contributed by atoms with van der Waals surface area (Å²) in [6.07, 6.45) is 2.30. The molecule has 1 heterocycles. The molecule has 0 saturated carbocycles. The highest BCUT2D eigenvalue weighted by molar-refractivity contribution is 5.87. The van der Waals surface area contributed by atoms with E-state index in [2.05, 4.69) is 0 Å². The molecule has 1 aliphatic heterocycles. The second kappa shape index (κ2) is 6.67. The summed E-state index contributed by atoms with van der Waals surface area (Å²) in [6, 6.07) is 13.2. The largest absolute Gasteiger partial charge is 0.488 e.